The van der Waals surface area contributed by atoms with Gasteiger partial charge in [0.15, 0.2) is 0 Å². The Morgan fingerprint density at radius 2 is 1.68 bits per heavy atom. The van der Waals surface area contributed by atoms with E-state index >= 15 is 0 Å². The molecule has 2 fully saturated rings. The van der Waals surface area contributed by atoms with Crippen molar-refractivity contribution in [2.75, 3.05) is 7.11 Å². The van der Waals surface area contributed by atoms with Gasteiger partial charge in [-0.15, -0.1) is 0 Å². The van der Waals surface area contributed by atoms with Gasteiger partial charge in [0, 0.05) is 12.5 Å². The second-order valence-electron chi connectivity index (χ2n) is 5.99. The van der Waals surface area contributed by atoms with Crippen LogP contribution in [0.2, 0.25) is 0 Å². The van der Waals surface area contributed by atoms with Crippen LogP contribution in [0.5, 0.6) is 0 Å². The highest BCUT2D eigenvalue weighted by Crippen LogP contribution is 2.28. The van der Waals surface area contributed by atoms with Crippen molar-refractivity contribution in [1.29, 1.82) is 0 Å². The standard InChI is InChI=1S/C15H25NO3/c1-19-15(18)12-6-8-13(9-7-12)16-14(17)10-11-4-2-3-5-11/h11-13H,2-10H2,1H3,(H,16,17). The van der Waals surface area contributed by atoms with E-state index in [4.69, 9.17) is 4.74 Å². The summed E-state index contributed by atoms with van der Waals surface area (Å²) in [5.74, 6) is 0.739. The number of ether oxygens (including phenoxy) is 1. The Morgan fingerprint density at radius 3 is 2.26 bits per heavy atom. The lowest BCUT2D eigenvalue weighted by Crippen LogP contribution is -2.39. The summed E-state index contributed by atoms with van der Waals surface area (Å²) in [5.41, 5.74) is 0. The molecule has 108 valence electrons. The van der Waals surface area contributed by atoms with Crippen LogP contribution in [-0.4, -0.2) is 25.0 Å². The molecule has 19 heavy (non-hydrogen) atoms. The Labute approximate surface area is 115 Å². The average molecular weight is 267 g/mol. The van der Waals surface area contributed by atoms with Gasteiger partial charge in [-0.25, -0.2) is 0 Å². The maximum absolute atomic E-state index is 11.9. The molecule has 0 aromatic rings. The molecule has 0 unspecified atom stereocenters. The molecule has 0 heterocycles. The maximum Gasteiger partial charge on any atom is 0.308 e. The molecule has 0 atom stereocenters. The minimum Gasteiger partial charge on any atom is -0.469 e. The van der Waals surface area contributed by atoms with Gasteiger partial charge in [-0.2, -0.15) is 0 Å². The van der Waals surface area contributed by atoms with Crippen molar-refractivity contribution in [1.82, 2.24) is 5.32 Å². The van der Waals surface area contributed by atoms with Gasteiger partial charge in [0.25, 0.3) is 0 Å². The first-order chi connectivity index (χ1) is 9.19. The first kappa shape index (κ1) is 14.4. The molecule has 2 saturated carbocycles. The van der Waals surface area contributed by atoms with Gasteiger partial charge in [0.05, 0.1) is 13.0 Å². The zero-order valence-electron chi connectivity index (χ0n) is 11.8. The van der Waals surface area contributed by atoms with Crippen LogP contribution in [0.15, 0.2) is 0 Å². The molecular weight excluding hydrogens is 242 g/mol. The van der Waals surface area contributed by atoms with Gasteiger partial charge in [0.2, 0.25) is 5.91 Å². The molecule has 0 spiro atoms. The van der Waals surface area contributed by atoms with E-state index in [2.05, 4.69) is 5.32 Å². The van der Waals surface area contributed by atoms with Crippen molar-refractivity contribution >= 4 is 11.9 Å². The first-order valence-corrected chi connectivity index (χ1v) is 7.56. The summed E-state index contributed by atoms with van der Waals surface area (Å²) in [6.07, 6.45) is 9.14. The van der Waals surface area contributed by atoms with E-state index in [9.17, 15) is 9.59 Å². The van der Waals surface area contributed by atoms with Crippen LogP contribution in [0.1, 0.15) is 57.8 Å². The van der Waals surface area contributed by atoms with Crippen molar-refractivity contribution in [2.24, 2.45) is 11.8 Å². The third-order valence-corrected chi connectivity index (χ3v) is 4.58. The number of methoxy groups -OCH3 is 1. The Bertz CT molecular complexity index is 315. The van der Waals surface area contributed by atoms with E-state index in [1.165, 1.54) is 32.8 Å². The number of hydrogen-bond donors (Lipinski definition) is 1. The largest absolute Gasteiger partial charge is 0.469 e. The third-order valence-electron chi connectivity index (χ3n) is 4.58. The van der Waals surface area contributed by atoms with Gasteiger partial charge in [-0.3, -0.25) is 9.59 Å². The second-order valence-corrected chi connectivity index (χ2v) is 5.99. The molecule has 0 bridgehead atoms. The van der Waals surface area contributed by atoms with Gasteiger partial charge >= 0.3 is 5.97 Å². The number of amides is 1. The van der Waals surface area contributed by atoms with Crippen LogP contribution in [0.3, 0.4) is 0 Å². The summed E-state index contributed by atoms with van der Waals surface area (Å²) in [7, 11) is 1.44. The van der Waals surface area contributed by atoms with E-state index in [0.717, 1.165) is 25.7 Å². The molecule has 2 aliphatic rings. The number of esters is 1. The smallest absolute Gasteiger partial charge is 0.308 e. The fourth-order valence-electron chi connectivity index (χ4n) is 3.40. The Hall–Kier alpha value is -1.06. The van der Waals surface area contributed by atoms with E-state index in [1.807, 2.05) is 0 Å². The first-order valence-electron chi connectivity index (χ1n) is 7.56. The molecule has 4 heteroatoms. The maximum atomic E-state index is 11.9. The van der Waals surface area contributed by atoms with Crippen molar-refractivity contribution in [3.63, 3.8) is 0 Å². The number of rotatable bonds is 4. The van der Waals surface area contributed by atoms with Crippen LogP contribution in [-0.2, 0) is 14.3 Å². The summed E-state index contributed by atoms with van der Waals surface area (Å²) in [4.78, 5) is 23.4. The molecule has 1 N–H and O–H groups in total. The van der Waals surface area contributed by atoms with E-state index in [1.54, 1.807) is 0 Å². The summed E-state index contributed by atoms with van der Waals surface area (Å²) in [6, 6.07) is 0.259. The molecule has 4 nitrogen and oxygen atoms in total. The highest BCUT2D eigenvalue weighted by molar-refractivity contribution is 5.76. The second kappa shape index (κ2) is 6.92. The van der Waals surface area contributed by atoms with E-state index in [0.29, 0.717) is 12.3 Å². The third kappa shape index (κ3) is 4.22. The van der Waals surface area contributed by atoms with Gasteiger partial charge in [-0.1, -0.05) is 12.8 Å². The predicted octanol–water partition coefficient (Wildman–Crippen LogP) is 2.41. The quantitative estimate of drug-likeness (QED) is 0.796. The number of hydrogen-bond acceptors (Lipinski definition) is 3. The predicted molar refractivity (Wildman–Crippen MR) is 72.5 cm³/mol. The molecule has 0 aromatic carbocycles. The molecule has 2 aliphatic carbocycles. The van der Waals surface area contributed by atoms with Crippen LogP contribution < -0.4 is 5.32 Å². The molecule has 1 amide bonds. The molecule has 0 saturated heterocycles. The monoisotopic (exact) mass is 267 g/mol. The Balaban J connectivity index is 1.67. The highest BCUT2D eigenvalue weighted by Gasteiger charge is 2.28. The van der Waals surface area contributed by atoms with Crippen molar-refractivity contribution in [2.45, 2.75) is 63.8 Å². The molecule has 0 aliphatic heterocycles. The van der Waals surface area contributed by atoms with Gasteiger partial charge in [0.1, 0.15) is 0 Å². The van der Waals surface area contributed by atoms with Crippen LogP contribution in [0.4, 0.5) is 0 Å². The number of nitrogens with one attached hydrogen (secondary N) is 1. The summed E-state index contributed by atoms with van der Waals surface area (Å²) in [6.45, 7) is 0. The molecule has 0 radical (unpaired) electrons. The summed E-state index contributed by atoms with van der Waals surface area (Å²) < 4.78 is 4.77. The lowest BCUT2D eigenvalue weighted by molar-refractivity contribution is -0.146. The minimum atomic E-state index is -0.101. The summed E-state index contributed by atoms with van der Waals surface area (Å²) >= 11 is 0. The molecule has 0 aromatic heterocycles. The average Bonchev–Trinajstić information content (AvgIpc) is 2.91. The van der Waals surface area contributed by atoms with Gasteiger partial charge < -0.3 is 10.1 Å². The van der Waals surface area contributed by atoms with Crippen LogP contribution in [0.25, 0.3) is 0 Å². The highest BCUT2D eigenvalue weighted by atomic mass is 16.5. The van der Waals surface area contributed by atoms with Crippen LogP contribution >= 0.6 is 0 Å². The zero-order valence-corrected chi connectivity index (χ0v) is 11.8. The lowest BCUT2D eigenvalue weighted by Gasteiger charge is -2.27. The lowest BCUT2D eigenvalue weighted by atomic mass is 9.86. The molecule has 2 rings (SSSR count). The van der Waals surface area contributed by atoms with Crippen LogP contribution in [0, 0.1) is 11.8 Å². The normalized spacial score (nSPS) is 28.1. The van der Waals surface area contributed by atoms with E-state index < -0.39 is 0 Å². The Kier molecular flexibility index (Phi) is 5.23. The Morgan fingerprint density at radius 1 is 1.05 bits per heavy atom. The number of carbonyl (C=O) groups excluding carboxylic acids is 2. The van der Waals surface area contributed by atoms with E-state index in [-0.39, 0.29) is 23.8 Å². The zero-order chi connectivity index (χ0) is 13.7. The topological polar surface area (TPSA) is 55.4 Å². The number of carbonyl (C=O) groups is 2. The fraction of sp³-hybridized carbons (Fsp3) is 0.867. The fourth-order valence-corrected chi connectivity index (χ4v) is 3.40. The molecular formula is C15H25NO3. The van der Waals surface area contributed by atoms with Crippen molar-refractivity contribution in [3.8, 4) is 0 Å². The summed E-state index contributed by atoms with van der Waals surface area (Å²) in [5, 5.41) is 3.13. The van der Waals surface area contributed by atoms with Crippen molar-refractivity contribution < 1.29 is 14.3 Å². The minimum absolute atomic E-state index is 0.0352. The SMILES string of the molecule is COC(=O)C1CCC(NC(=O)CC2CCCC2)CC1. The van der Waals surface area contributed by atoms with Crippen molar-refractivity contribution in [3.05, 3.63) is 0 Å². The van der Waals surface area contributed by atoms with Gasteiger partial charge in [-0.05, 0) is 44.4 Å².